The molecule has 0 nitrogen and oxygen atoms in total. The molecule has 0 aliphatic carbocycles. The number of hydrogen-bond donors (Lipinski definition) is 0. The Morgan fingerprint density at radius 3 is 2.07 bits per heavy atom. The fourth-order valence-corrected chi connectivity index (χ4v) is 1.61. The first-order valence-corrected chi connectivity index (χ1v) is 6.07. The summed E-state index contributed by atoms with van der Waals surface area (Å²) in [5.41, 5.74) is 3.17. The molecule has 0 saturated carbocycles. The van der Waals surface area contributed by atoms with Gasteiger partial charge < -0.3 is 0 Å². The van der Waals surface area contributed by atoms with E-state index in [4.69, 9.17) is 0 Å². The predicted molar refractivity (Wildman–Crippen MR) is 66.6 cm³/mol. The van der Waals surface area contributed by atoms with Crippen molar-refractivity contribution < 1.29 is 0 Å². The minimum absolute atomic E-state index is 1.26. The molecule has 0 aromatic heterocycles. The Morgan fingerprint density at radius 1 is 1.00 bits per heavy atom. The quantitative estimate of drug-likeness (QED) is 0.485. The zero-order valence-corrected chi connectivity index (χ0v) is 10.4. The van der Waals surface area contributed by atoms with Gasteiger partial charge in [-0.3, -0.25) is 0 Å². The highest BCUT2D eigenvalue weighted by molar-refractivity contribution is 5.24. The van der Waals surface area contributed by atoms with Crippen LogP contribution in [0.25, 0.3) is 0 Å². The fraction of sp³-hybridized carbons (Fsp3) is 0.714. The molecule has 0 spiro atoms. The predicted octanol–water partition coefficient (Wildman–Crippen LogP) is 5.26. The van der Waals surface area contributed by atoms with Gasteiger partial charge in [-0.1, -0.05) is 44.4 Å². The first-order chi connectivity index (χ1) is 6.76. The molecule has 0 unspecified atom stereocenters. The van der Waals surface area contributed by atoms with E-state index in [9.17, 15) is 0 Å². The Labute approximate surface area is 90.1 Å². The normalized spacial score (nSPS) is 13.4. The summed E-state index contributed by atoms with van der Waals surface area (Å²) in [5, 5.41) is 0. The van der Waals surface area contributed by atoms with Crippen molar-refractivity contribution in [2.75, 3.05) is 0 Å². The molecule has 0 amide bonds. The third kappa shape index (κ3) is 6.01. The Hall–Kier alpha value is -0.520. The SMILES string of the molecule is CC=CC(CCCC)=C(C)CCCC. The van der Waals surface area contributed by atoms with Crippen molar-refractivity contribution >= 4 is 0 Å². The summed E-state index contributed by atoms with van der Waals surface area (Å²) < 4.78 is 0. The van der Waals surface area contributed by atoms with E-state index in [0.717, 1.165) is 0 Å². The van der Waals surface area contributed by atoms with Crippen molar-refractivity contribution in [1.82, 2.24) is 0 Å². The van der Waals surface area contributed by atoms with Crippen molar-refractivity contribution in [3.63, 3.8) is 0 Å². The number of allylic oxidation sites excluding steroid dienone is 4. The standard InChI is InChI=1S/C14H26/c1-5-8-11-13(4)14(10-7-3)12-9-6-2/h7,10H,5-6,8-9,11-12H2,1-4H3. The minimum atomic E-state index is 1.26. The molecule has 0 aliphatic heterocycles. The highest BCUT2D eigenvalue weighted by Crippen LogP contribution is 2.18. The summed E-state index contributed by atoms with van der Waals surface area (Å²) in [6.45, 7) is 8.92. The van der Waals surface area contributed by atoms with E-state index in [1.54, 1.807) is 11.1 Å². The van der Waals surface area contributed by atoms with Gasteiger partial charge in [-0.2, -0.15) is 0 Å². The lowest BCUT2D eigenvalue weighted by Crippen LogP contribution is -1.87. The Bertz CT molecular complexity index is 184. The highest BCUT2D eigenvalue weighted by atomic mass is 14.0. The molecule has 0 rings (SSSR count). The van der Waals surface area contributed by atoms with E-state index in [0.29, 0.717) is 0 Å². The molecular weight excluding hydrogens is 168 g/mol. The Kier molecular flexibility index (Phi) is 8.72. The second-order valence-electron chi connectivity index (χ2n) is 4.01. The summed E-state index contributed by atoms with van der Waals surface area (Å²) in [7, 11) is 0. The second-order valence-corrected chi connectivity index (χ2v) is 4.01. The van der Waals surface area contributed by atoms with Crippen LogP contribution in [0.1, 0.15) is 66.2 Å². The average Bonchev–Trinajstić information content (AvgIpc) is 2.20. The summed E-state index contributed by atoms with van der Waals surface area (Å²) in [5.74, 6) is 0. The average molecular weight is 194 g/mol. The third-order valence-electron chi connectivity index (χ3n) is 2.62. The van der Waals surface area contributed by atoms with E-state index in [1.807, 2.05) is 0 Å². The van der Waals surface area contributed by atoms with Crippen LogP contribution in [-0.2, 0) is 0 Å². The number of unbranched alkanes of at least 4 members (excludes halogenated alkanes) is 2. The van der Waals surface area contributed by atoms with Crippen molar-refractivity contribution in [2.45, 2.75) is 66.2 Å². The topological polar surface area (TPSA) is 0 Å². The van der Waals surface area contributed by atoms with Crippen LogP contribution in [0.4, 0.5) is 0 Å². The maximum absolute atomic E-state index is 2.29. The van der Waals surface area contributed by atoms with E-state index in [-0.39, 0.29) is 0 Å². The Balaban J connectivity index is 4.25. The van der Waals surface area contributed by atoms with Gasteiger partial charge in [0.1, 0.15) is 0 Å². The van der Waals surface area contributed by atoms with Gasteiger partial charge in [0, 0.05) is 0 Å². The molecular formula is C14H26. The van der Waals surface area contributed by atoms with Gasteiger partial charge in [0.25, 0.3) is 0 Å². The van der Waals surface area contributed by atoms with Crippen LogP contribution in [0, 0.1) is 0 Å². The van der Waals surface area contributed by atoms with Gasteiger partial charge in [0.05, 0.1) is 0 Å². The lowest BCUT2D eigenvalue weighted by atomic mass is 9.99. The van der Waals surface area contributed by atoms with Crippen LogP contribution in [0.15, 0.2) is 23.3 Å². The second kappa shape index (κ2) is 9.05. The fourth-order valence-electron chi connectivity index (χ4n) is 1.61. The molecule has 0 heterocycles. The molecule has 0 heteroatoms. The van der Waals surface area contributed by atoms with Crippen molar-refractivity contribution in [1.29, 1.82) is 0 Å². The highest BCUT2D eigenvalue weighted by Gasteiger charge is 1.98. The molecule has 0 radical (unpaired) electrons. The Morgan fingerprint density at radius 2 is 1.57 bits per heavy atom. The van der Waals surface area contributed by atoms with E-state index >= 15 is 0 Å². The molecule has 0 aromatic carbocycles. The zero-order chi connectivity index (χ0) is 10.8. The van der Waals surface area contributed by atoms with Gasteiger partial charge in [0.15, 0.2) is 0 Å². The molecule has 0 bridgehead atoms. The third-order valence-corrected chi connectivity index (χ3v) is 2.62. The molecule has 0 aromatic rings. The molecule has 0 saturated heterocycles. The minimum Gasteiger partial charge on any atom is -0.0874 e. The lowest BCUT2D eigenvalue weighted by molar-refractivity contribution is 0.754. The van der Waals surface area contributed by atoms with Gasteiger partial charge in [-0.25, -0.2) is 0 Å². The van der Waals surface area contributed by atoms with E-state index in [2.05, 4.69) is 39.8 Å². The van der Waals surface area contributed by atoms with Crippen LogP contribution in [0.5, 0.6) is 0 Å². The van der Waals surface area contributed by atoms with Gasteiger partial charge in [-0.05, 0) is 45.1 Å². The van der Waals surface area contributed by atoms with Crippen LogP contribution in [0.3, 0.4) is 0 Å². The monoisotopic (exact) mass is 194 g/mol. The lowest BCUT2D eigenvalue weighted by Gasteiger charge is -2.07. The van der Waals surface area contributed by atoms with E-state index in [1.165, 1.54) is 38.5 Å². The van der Waals surface area contributed by atoms with Crippen LogP contribution in [-0.4, -0.2) is 0 Å². The first-order valence-electron chi connectivity index (χ1n) is 6.07. The molecule has 0 aliphatic rings. The summed E-state index contributed by atoms with van der Waals surface area (Å²) in [6.07, 6.45) is 12.2. The zero-order valence-electron chi connectivity index (χ0n) is 10.4. The van der Waals surface area contributed by atoms with E-state index < -0.39 is 0 Å². The molecule has 0 atom stereocenters. The van der Waals surface area contributed by atoms with Crippen LogP contribution < -0.4 is 0 Å². The molecule has 0 fully saturated rings. The van der Waals surface area contributed by atoms with Crippen LogP contribution in [0.2, 0.25) is 0 Å². The van der Waals surface area contributed by atoms with Crippen molar-refractivity contribution in [2.24, 2.45) is 0 Å². The molecule has 0 N–H and O–H groups in total. The molecule has 14 heavy (non-hydrogen) atoms. The van der Waals surface area contributed by atoms with Crippen molar-refractivity contribution in [3.8, 4) is 0 Å². The van der Waals surface area contributed by atoms with Gasteiger partial charge in [-0.15, -0.1) is 0 Å². The number of hydrogen-bond acceptors (Lipinski definition) is 0. The summed E-state index contributed by atoms with van der Waals surface area (Å²) in [4.78, 5) is 0. The van der Waals surface area contributed by atoms with Gasteiger partial charge in [0.2, 0.25) is 0 Å². The summed E-state index contributed by atoms with van der Waals surface area (Å²) in [6, 6.07) is 0. The maximum Gasteiger partial charge on any atom is -0.0280 e. The van der Waals surface area contributed by atoms with Gasteiger partial charge >= 0.3 is 0 Å². The summed E-state index contributed by atoms with van der Waals surface area (Å²) >= 11 is 0. The number of rotatable bonds is 7. The largest absolute Gasteiger partial charge is 0.0874 e. The van der Waals surface area contributed by atoms with Crippen LogP contribution >= 0.6 is 0 Å². The molecule has 82 valence electrons. The maximum atomic E-state index is 2.29. The first kappa shape index (κ1) is 13.5. The smallest absolute Gasteiger partial charge is 0.0280 e. The van der Waals surface area contributed by atoms with Crippen molar-refractivity contribution in [3.05, 3.63) is 23.3 Å².